The minimum atomic E-state index is 0.460. The predicted molar refractivity (Wildman–Crippen MR) is 76.7 cm³/mol. The molecule has 0 saturated carbocycles. The summed E-state index contributed by atoms with van der Waals surface area (Å²) in [5, 5.41) is 0. The predicted octanol–water partition coefficient (Wildman–Crippen LogP) is 4.44. The summed E-state index contributed by atoms with van der Waals surface area (Å²) in [4.78, 5) is 0. The van der Waals surface area contributed by atoms with Crippen molar-refractivity contribution in [3.05, 3.63) is 40.4 Å². The first-order valence-electron chi connectivity index (χ1n) is 5.33. The van der Waals surface area contributed by atoms with E-state index in [-0.39, 0.29) is 0 Å². The van der Waals surface area contributed by atoms with E-state index in [4.69, 9.17) is 4.74 Å². The van der Waals surface area contributed by atoms with Gasteiger partial charge in [-0.05, 0) is 29.7 Å². The molecule has 0 bridgehead atoms. The number of thiol groups is 1. The zero-order chi connectivity index (χ0) is 12.0. The van der Waals surface area contributed by atoms with Crippen LogP contribution in [0.15, 0.2) is 34.8 Å². The van der Waals surface area contributed by atoms with Crippen LogP contribution in [0.1, 0.15) is 25.3 Å². The lowest BCUT2D eigenvalue weighted by Crippen LogP contribution is -1.99. The molecule has 1 nitrogen and oxygen atoms in total. The van der Waals surface area contributed by atoms with Gasteiger partial charge in [0.1, 0.15) is 12.4 Å². The molecule has 0 radical (unpaired) electrons. The Morgan fingerprint density at radius 1 is 1.38 bits per heavy atom. The molecule has 3 heteroatoms. The van der Waals surface area contributed by atoms with Gasteiger partial charge in [0, 0.05) is 10.2 Å². The first-order valence-corrected chi connectivity index (χ1v) is 6.75. The Labute approximate surface area is 111 Å². The molecule has 1 aromatic rings. The van der Waals surface area contributed by atoms with Crippen molar-refractivity contribution in [2.24, 2.45) is 0 Å². The topological polar surface area (TPSA) is 9.23 Å². The number of benzene rings is 1. The van der Waals surface area contributed by atoms with Crippen molar-refractivity contribution in [2.75, 3.05) is 12.4 Å². The van der Waals surface area contributed by atoms with Gasteiger partial charge in [0.2, 0.25) is 0 Å². The molecular weight excluding hydrogens is 284 g/mol. The van der Waals surface area contributed by atoms with Crippen molar-refractivity contribution < 1.29 is 4.74 Å². The Morgan fingerprint density at radius 3 is 2.75 bits per heavy atom. The molecule has 1 aromatic carbocycles. The molecule has 1 rings (SSSR count). The van der Waals surface area contributed by atoms with E-state index >= 15 is 0 Å². The van der Waals surface area contributed by atoms with E-state index in [1.807, 2.05) is 24.3 Å². The van der Waals surface area contributed by atoms with Crippen LogP contribution in [-0.4, -0.2) is 12.4 Å². The Kier molecular flexibility index (Phi) is 5.99. The van der Waals surface area contributed by atoms with Crippen molar-refractivity contribution in [2.45, 2.75) is 19.8 Å². The maximum Gasteiger partial charge on any atom is 0.123 e. The normalized spacial score (nSPS) is 11.3. The third kappa shape index (κ3) is 4.22. The van der Waals surface area contributed by atoms with Gasteiger partial charge in [-0.25, -0.2) is 0 Å². The minimum absolute atomic E-state index is 0.460. The third-order valence-corrected chi connectivity index (χ3v) is 2.91. The lowest BCUT2D eigenvalue weighted by Gasteiger charge is -2.13. The summed E-state index contributed by atoms with van der Waals surface area (Å²) in [6.07, 6.45) is 3.97. The minimum Gasteiger partial charge on any atom is -0.489 e. The fourth-order valence-electron chi connectivity index (χ4n) is 1.38. The van der Waals surface area contributed by atoms with Gasteiger partial charge in [-0.2, -0.15) is 12.6 Å². The molecule has 88 valence electrons. The maximum atomic E-state index is 5.71. The van der Waals surface area contributed by atoms with E-state index < -0.39 is 0 Å². The average Bonchev–Trinajstić information content (AvgIpc) is 2.26. The molecule has 0 aliphatic rings. The van der Waals surface area contributed by atoms with E-state index in [1.165, 1.54) is 5.56 Å². The number of ether oxygens (including phenoxy) is 1. The van der Waals surface area contributed by atoms with Crippen molar-refractivity contribution >= 4 is 28.6 Å². The number of hydrogen-bond acceptors (Lipinski definition) is 2. The highest BCUT2D eigenvalue weighted by Crippen LogP contribution is 2.29. The molecule has 0 heterocycles. The van der Waals surface area contributed by atoms with Gasteiger partial charge >= 0.3 is 0 Å². The summed E-state index contributed by atoms with van der Waals surface area (Å²) in [7, 11) is 0. The summed E-state index contributed by atoms with van der Waals surface area (Å²) in [6.45, 7) is 4.93. The molecule has 0 amide bonds. The lowest BCUT2D eigenvalue weighted by molar-refractivity contribution is 0.357. The number of rotatable bonds is 5. The summed E-state index contributed by atoms with van der Waals surface area (Å²) in [6, 6.07) is 6.12. The summed E-state index contributed by atoms with van der Waals surface area (Å²) < 4.78 is 6.81. The SMILES string of the molecule is CC(C)c1cc(Br)ccc1OC/C=C/CS. The van der Waals surface area contributed by atoms with Crippen LogP contribution in [-0.2, 0) is 0 Å². The molecule has 0 spiro atoms. The van der Waals surface area contributed by atoms with Crippen LogP contribution in [0.25, 0.3) is 0 Å². The Balaban J connectivity index is 2.74. The smallest absolute Gasteiger partial charge is 0.123 e. The Hall–Kier alpha value is -0.410. The second kappa shape index (κ2) is 7.02. The summed E-state index contributed by atoms with van der Waals surface area (Å²) in [5.74, 6) is 2.17. The zero-order valence-electron chi connectivity index (χ0n) is 9.61. The summed E-state index contributed by atoms with van der Waals surface area (Å²) >= 11 is 7.58. The monoisotopic (exact) mass is 300 g/mol. The number of halogens is 1. The Bertz CT molecular complexity index is 361. The molecule has 0 aromatic heterocycles. The highest BCUT2D eigenvalue weighted by atomic mass is 79.9. The van der Waals surface area contributed by atoms with Crippen LogP contribution in [0.5, 0.6) is 5.75 Å². The largest absolute Gasteiger partial charge is 0.489 e. The van der Waals surface area contributed by atoms with Gasteiger partial charge in [-0.3, -0.25) is 0 Å². The van der Waals surface area contributed by atoms with Crippen LogP contribution < -0.4 is 4.74 Å². The van der Waals surface area contributed by atoms with Crippen LogP contribution in [0, 0.1) is 0 Å². The molecule has 0 fully saturated rings. The molecule has 0 saturated heterocycles. The van der Waals surface area contributed by atoms with Gasteiger partial charge in [0.15, 0.2) is 0 Å². The van der Waals surface area contributed by atoms with E-state index in [1.54, 1.807) is 0 Å². The van der Waals surface area contributed by atoms with E-state index in [0.717, 1.165) is 16.0 Å². The van der Waals surface area contributed by atoms with Crippen LogP contribution in [0.4, 0.5) is 0 Å². The Morgan fingerprint density at radius 2 is 2.12 bits per heavy atom. The molecular formula is C13H17BrOS. The van der Waals surface area contributed by atoms with Gasteiger partial charge < -0.3 is 4.74 Å². The van der Waals surface area contributed by atoms with E-state index in [0.29, 0.717) is 12.5 Å². The number of hydrogen-bond donors (Lipinski definition) is 1. The molecule has 0 N–H and O–H groups in total. The second-order valence-corrected chi connectivity index (χ2v) is 5.08. The maximum absolute atomic E-state index is 5.71. The van der Waals surface area contributed by atoms with Gasteiger partial charge in [0.05, 0.1) is 0 Å². The fraction of sp³-hybridized carbons (Fsp3) is 0.385. The van der Waals surface area contributed by atoms with Crippen LogP contribution in [0.3, 0.4) is 0 Å². The van der Waals surface area contributed by atoms with Gasteiger partial charge in [-0.1, -0.05) is 41.9 Å². The van der Waals surface area contributed by atoms with Gasteiger partial charge in [0.25, 0.3) is 0 Å². The highest BCUT2D eigenvalue weighted by Gasteiger charge is 2.07. The average molecular weight is 301 g/mol. The first-order chi connectivity index (χ1) is 7.65. The van der Waals surface area contributed by atoms with Crippen molar-refractivity contribution in [1.29, 1.82) is 0 Å². The molecule has 0 atom stereocenters. The molecule has 0 aliphatic heterocycles. The van der Waals surface area contributed by atoms with Crippen molar-refractivity contribution in [3.63, 3.8) is 0 Å². The molecule has 0 aliphatic carbocycles. The molecule has 0 unspecified atom stereocenters. The summed E-state index contributed by atoms with van der Waals surface area (Å²) in [5.41, 5.74) is 1.23. The standard InChI is InChI=1S/C13H17BrOS/c1-10(2)12-9-11(14)5-6-13(12)15-7-3-4-8-16/h3-6,9-10,16H,7-8H2,1-2H3/b4-3+. The lowest BCUT2D eigenvalue weighted by atomic mass is 10.0. The fourth-order valence-corrected chi connectivity index (χ4v) is 1.91. The van der Waals surface area contributed by atoms with Gasteiger partial charge in [-0.15, -0.1) is 0 Å². The van der Waals surface area contributed by atoms with Crippen LogP contribution >= 0.6 is 28.6 Å². The van der Waals surface area contributed by atoms with Crippen molar-refractivity contribution in [3.8, 4) is 5.75 Å². The third-order valence-electron chi connectivity index (χ3n) is 2.20. The molecule has 16 heavy (non-hydrogen) atoms. The second-order valence-electron chi connectivity index (χ2n) is 3.80. The van der Waals surface area contributed by atoms with E-state index in [2.05, 4.69) is 48.5 Å². The zero-order valence-corrected chi connectivity index (χ0v) is 12.1. The highest BCUT2D eigenvalue weighted by molar-refractivity contribution is 9.10. The van der Waals surface area contributed by atoms with E-state index in [9.17, 15) is 0 Å². The first kappa shape index (κ1) is 13.7. The van der Waals surface area contributed by atoms with Crippen molar-refractivity contribution in [1.82, 2.24) is 0 Å². The quantitative estimate of drug-likeness (QED) is 0.625. The van der Waals surface area contributed by atoms with Crippen LogP contribution in [0.2, 0.25) is 0 Å².